The molecule has 0 aromatic heterocycles. The number of benzene rings is 2. The minimum absolute atomic E-state index is 0.386. The third kappa shape index (κ3) is 5.91. The van der Waals surface area contributed by atoms with Gasteiger partial charge in [0.1, 0.15) is 0 Å². The summed E-state index contributed by atoms with van der Waals surface area (Å²) in [6, 6.07) is 16.6. The van der Waals surface area contributed by atoms with Gasteiger partial charge in [0.15, 0.2) is 0 Å². The van der Waals surface area contributed by atoms with Crippen LogP contribution in [0.15, 0.2) is 48.5 Å². The average molecular weight is 469 g/mol. The van der Waals surface area contributed by atoms with E-state index in [9.17, 15) is 14.7 Å². The Bertz CT molecular complexity index is 905. The molecule has 2 amide bonds. The molecule has 0 saturated carbocycles. The topological polar surface area (TPSA) is 98.7 Å². The van der Waals surface area contributed by atoms with Gasteiger partial charge >= 0.3 is 12.2 Å². The summed E-state index contributed by atoms with van der Waals surface area (Å²) in [4.78, 5) is 23.1. The molecule has 0 heterocycles. The third-order valence-electron chi connectivity index (χ3n) is 7.51. The Kier molecular flexibility index (Phi) is 8.76. The highest BCUT2D eigenvalue weighted by molar-refractivity contribution is 5.67. The molecule has 0 fully saturated rings. The molecule has 0 radical (unpaired) electrons. The van der Waals surface area contributed by atoms with E-state index in [2.05, 4.69) is 86.9 Å². The molecular formula is C28H40N2O4. The van der Waals surface area contributed by atoms with Crippen molar-refractivity contribution in [2.75, 3.05) is 6.54 Å². The number of rotatable bonds is 11. The summed E-state index contributed by atoms with van der Waals surface area (Å²) in [5.74, 6) is 0. The van der Waals surface area contributed by atoms with Crippen molar-refractivity contribution in [2.45, 2.75) is 83.6 Å². The van der Waals surface area contributed by atoms with Crippen LogP contribution in [0.5, 0.6) is 0 Å². The van der Waals surface area contributed by atoms with Crippen molar-refractivity contribution in [2.24, 2.45) is 0 Å². The van der Waals surface area contributed by atoms with Crippen LogP contribution in [0.4, 0.5) is 9.59 Å². The van der Waals surface area contributed by atoms with Gasteiger partial charge < -0.3 is 20.8 Å². The maximum absolute atomic E-state index is 12.3. The largest absolute Gasteiger partial charge is 0.465 e. The van der Waals surface area contributed by atoms with Gasteiger partial charge in [-0.15, -0.1) is 0 Å². The lowest BCUT2D eigenvalue weighted by molar-refractivity contribution is 0.0803. The first-order chi connectivity index (χ1) is 15.8. The molecule has 2 aromatic rings. The summed E-state index contributed by atoms with van der Waals surface area (Å²) in [7, 11) is 0. The van der Waals surface area contributed by atoms with Gasteiger partial charge in [0.25, 0.3) is 0 Å². The predicted molar refractivity (Wildman–Crippen MR) is 137 cm³/mol. The fourth-order valence-corrected chi connectivity index (χ4v) is 5.28. The molecular weight excluding hydrogens is 428 g/mol. The molecule has 0 aliphatic rings. The highest BCUT2D eigenvalue weighted by atomic mass is 16.4. The van der Waals surface area contributed by atoms with Crippen LogP contribution in [0.3, 0.4) is 0 Å². The average Bonchev–Trinajstić information content (AvgIpc) is 2.75. The Labute approximate surface area is 203 Å². The smallest absolute Gasteiger partial charge is 0.405 e. The Morgan fingerprint density at radius 2 is 1.15 bits per heavy atom. The maximum atomic E-state index is 12.3. The van der Waals surface area contributed by atoms with Gasteiger partial charge in [-0.3, -0.25) is 0 Å². The van der Waals surface area contributed by atoms with Crippen molar-refractivity contribution in [1.29, 1.82) is 0 Å². The number of carbonyl (C=O) groups is 2. The summed E-state index contributed by atoms with van der Waals surface area (Å²) < 4.78 is 0. The monoisotopic (exact) mass is 468 g/mol. The summed E-state index contributed by atoms with van der Waals surface area (Å²) in [5.41, 5.74) is 2.51. The van der Waals surface area contributed by atoms with E-state index in [1.54, 1.807) is 0 Å². The zero-order valence-electron chi connectivity index (χ0n) is 21.4. The first-order valence-electron chi connectivity index (χ1n) is 12.0. The van der Waals surface area contributed by atoms with Crippen LogP contribution in [0, 0.1) is 13.8 Å². The van der Waals surface area contributed by atoms with Gasteiger partial charge in [0, 0.05) is 17.4 Å². The fraction of sp³-hybridized carbons (Fsp3) is 0.500. The third-order valence-corrected chi connectivity index (χ3v) is 7.51. The molecule has 0 unspecified atom stereocenters. The van der Waals surface area contributed by atoms with Crippen LogP contribution in [-0.4, -0.2) is 34.5 Å². The first-order valence-corrected chi connectivity index (χ1v) is 12.0. The van der Waals surface area contributed by atoms with Gasteiger partial charge in [-0.2, -0.15) is 0 Å². The Hall–Kier alpha value is -3.02. The normalized spacial score (nSPS) is 12.3. The number of nitrogens with one attached hydrogen (secondary N) is 2. The van der Waals surface area contributed by atoms with E-state index in [4.69, 9.17) is 5.11 Å². The van der Waals surface area contributed by atoms with Crippen molar-refractivity contribution < 1.29 is 19.8 Å². The molecule has 6 nitrogen and oxygen atoms in total. The van der Waals surface area contributed by atoms with E-state index < -0.39 is 28.6 Å². The standard InChI is InChI=1S/C28H40N2O4/c1-20-10-14-22(15-11-20)26(3,4)28(30-25(33)34,18-8-7-9-19-29-24(31)32)27(5,6)23-16-12-21(2)13-17-23/h10-17,29-30H,7-9,18-19H2,1-6H3,(H,31,32)(H,33,34). The summed E-state index contributed by atoms with van der Waals surface area (Å²) >= 11 is 0. The van der Waals surface area contributed by atoms with Crippen LogP contribution in [-0.2, 0) is 10.8 Å². The van der Waals surface area contributed by atoms with Gasteiger partial charge in [0.2, 0.25) is 0 Å². The second-order valence-corrected chi connectivity index (χ2v) is 10.4. The minimum atomic E-state index is -1.05. The predicted octanol–water partition coefficient (Wildman–Crippen LogP) is 6.39. The molecule has 0 saturated heterocycles. The second kappa shape index (κ2) is 10.9. The number of hydrogen-bond acceptors (Lipinski definition) is 2. The molecule has 2 rings (SSSR count). The van der Waals surface area contributed by atoms with Gasteiger partial charge in [-0.25, -0.2) is 9.59 Å². The molecule has 0 aliphatic carbocycles. The van der Waals surface area contributed by atoms with E-state index in [1.165, 1.54) is 0 Å². The van der Waals surface area contributed by atoms with E-state index in [1.807, 2.05) is 13.8 Å². The van der Waals surface area contributed by atoms with E-state index >= 15 is 0 Å². The lowest BCUT2D eigenvalue weighted by atomic mass is 9.52. The van der Waals surface area contributed by atoms with E-state index in [0.29, 0.717) is 19.4 Å². The highest BCUT2D eigenvalue weighted by Gasteiger charge is 2.56. The van der Waals surface area contributed by atoms with Crippen LogP contribution >= 0.6 is 0 Å². The number of unbranched alkanes of at least 4 members (excludes halogenated alkanes) is 2. The number of carboxylic acid groups (broad SMARTS) is 2. The van der Waals surface area contributed by atoms with Gasteiger partial charge in [-0.1, -0.05) is 100 Å². The Balaban J connectivity index is 2.56. The number of hydrogen-bond donors (Lipinski definition) is 4. The molecule has 186 valence electrons. The van der Waals surface area contributed by atoms with E-state index in [-0.39, 0.29) is 0 Å². The molecule has 0 aliphatic heterocycles. The molecule has 34 heavy (non-hydrogen) atoms. The fourth-order valence-electron chi connectivity index (χ4n) is 5.28. The van der Waals surface area contributed by atoms with E-state index in [0.717, 1.165) is 35.1 Å². The summed E-state index contributed by atoms with van der Waals surface area (Å²) in [6.07, 6.45) is 0.777. The lowest BCUT2D eigenvalue weighted by Gasteiger charge is -2.56. The Morgan fingerprint density at radius 3 is 1.53 bits per heavy atom. The van der Waals surface area contributed by atoms with Crippen molar-refractivity contribution >= 4 is 12.2 Å². The molecule has 2 aromatic carbocycles. The maximum Gasteiger partial charge on any atom is 0.405 e. The van der Waals surface area contributed by atoms with Crippen molar-refractivity contribution in [3.63, 3.8) is 0 Å². The van der Waals surface area contributed by atoms with Crippen LogP contribution in [0.2, 0.25) is 0 Å². The van der Waals surface area contributed by atoms with Crippen LogP contribution in [0.25, 0.3) is 0 Å². The molecule has 6 heteroatoms. The molecule has 0 bridgehead atoms. The van der Waals surface area contributed by atoms with Crippen LogP contribution < -0.4 is 10.6 Å². The number of aryl methyl sites for hydroxylation is 2. The summed E-state index contributed by atoms with van der Waals surface area (Å²) in [6.45, 7) is 13.0. The molecule has 0 atom stereocenters. The number of amides is 2. The Morgan fingerprint density at radius 1 is 0.706 bits per heavy atom. The van der Waals surface area contributed by atoms with Crippen molar-refractivity contribution in [1.82, 2.24) is 10.6 Å². The first kappa shape index (κ1) is 27.2. The van der Waals surface area contributed by atoms with Gasteiger partial charge in [-0.05, 0) is 37.8 Å². The summed E-state index contributed by atoms with van der Waals surface area (Å²) in [5, 5.41) is 24.3. The second-order valence-electron chi connectivity index (χ2n) is 10.4. The molecule has 4 N–H and O–H groups in total. The highest BCUT2D eigenvalue weighted by Crippen LogP contribution is 2.50. The SMILES string of the molecule is Cc1ccc(C(C)(C)C(CCCCCNC(=O)O)(NC(=O)O)C(C)(C)c2ccc(C)cc2)cc1. The minimum Gasteiger partial charge on any atom is -0.465 e. The van der Waals surface area contributed by atoms with Crippen molar-refractivity contribution in [3.8, 4) is 0 Å². The quantitative estimate of drug-likeness (QED) is 0.287. The van der Waals surface area contributed by atoms with Crippen LogP contribution in [0.1, 0.15) is 75.6 Å². The van der Waals surface area contributed by atoms with Gasteiger partial charge in [0.05, 0.1) is 5.54 Å². The molecule has 0 spiro atoms. The zero-order valence-corrected chi connectivity index (χ0v) is 21.4. The zero-order chi connectivity index (χ0) is 25.6. The van der Waals surface area contributed by atoms with Crippen molar-refractivity contribution in [3.05, 3.63) is 70.8 Å². The lowest BCUT2D eigenvalue weighted by Crippen LogP contribution is -2.69.